The number of nitrogens with zero attached hydrogens (tertiary/aromatic N) is 1. The van der Waals surface area contributed by atoms with E-state index in [1.165, 1.54) is 0 Å². The van der Waals surface area contributed by atoms with Crippen molar-refractivity contribution in [3.63, 3.8) is 0 Å². The molecule has 1 atom stereocenters. The molecule has 0 saturated heterocycles. The van der Waals surface area contributed by atoms with Crippen LogP contribution in [0.3, 0.4) is 0 Å². The average Bonchev–Trinajstić information content (AvgIpc) is 2.65. The summed E-state index contributed by atoms with van der Waals surface area (Å²) in [6.45, 7) is 9.53. The first-order chi connectivity index (χ1) is 12.4. The first kappa shape index (κ1) is 21.5. The second-order valence-corrected chi connectivity index (χ2v) is 5.88. The summed E-state index contributed by atoms with van der Waals surface area (Å²) in [5.74, 6) is -1.36. The molecule has 0 saturated carbocycles. The van der Waals surface area contributed by atoms with E-state index in [2.05, 4.69) is 29.4 Å². The molecule has 0 spiro atoms. The zero-order valence-electron chi connectivity index (χ0n) is 16.0. The Morgan fingerprint density at radius 2 is 1.69 bits per heavy atom. The highest BCUT2D eigenvalue weighted by atomic mass is 16.5. The number of carbonyl (C=O) groups is 3. The highest BCUT2D eigenvalue weighted by Gasteiger charge is 2.16. The third-order valence-corrected chi connectivity index (χ3v) is 3.89. The van der Waals surface area contributed by atoms with E-state index in [1.807, 2.05) is 19.1 Å². The summed E-state index contributed by atoms with van der Waals surface area (Å²) >= 11 is 0. The maximum absolute atomic E-state index is 12.0. The quantitative estimate of drug-likeness (QED) is 0.618. The second kappa shape index (κ2) is 11.1. The molecule has 0 aliphatic carbocycles. The third kappa shape index (κ3) is 6.74. The van der Waals surface area contributed by atoms with E-state index in [9.17, 15) is 14.4 Å². The van der Waals surface area contributed by atoms with Crippen LogP contribution < -0.4 is 15.5 Å². The van der Waals surface area contributed by atoms with Gasteiger partial charge in [0.15, 0.2) is 6.61 Å². The van der Waals surface area contributed by atoms with E-state index in [1.54, 1.807) is 19.1 Å². The number of rotatable bonds is 10. The van der Waals surface area contributed by atoms with Gasteiger partial charge in [-0.05, 0) is 51.5 Å². The molecule has 0 radical (unpaired) electrons. The molecule has 1 aromatic carbocycles. The zero-order valence-corrected chi connectivity index (χ0v) is 16.0. The second-order valence-electron chi connectivity index (χ2n) is 5.88. The van der Waals surface area contributed by atoms with Gasteiger partial charge >= 0.3 is 5.97 Å². The maximum atomic E-state index is 12.0. The first-order valence-corrected chi connectivity index (χ1v) is 9.02. The van der Waals surface area contributed by atoms with Crippen LogP contribution in [0.25, 0.3) is 0 Å². The molecule has 0 fully saturated rings. The standard InChI is InChI=1S/C19H29N3O4/c1-5-12-20-18(24)14(4)21-17(23)13-26-19(25)15-8-10-16(11-9-15)22(6-2)7-3/h8-11,14H,5-7,12-13H2,1-4H3,(H,20,24)(H,21,23)/t14-/m1/s1. The molecule has 1 rings (SSSR count). The average molecular weight is 363 g/mol. The molecule has 0 unspecified atom stereocenters. The van der Waals surface area contributed by atoms with Crippen molar-refractivity contribution in [1.82, 2.24) is 10.6 Å². The Morgan fingerprint density at radius 1 is 1.08 bits per heavy atom. The molecule has 7 nitrogen and oxygen atoms in total. The Bertz CT molecular complexity index is 597. The van der Waals surface area contributed by atoms with Crippen LogP contribution in [-0.2, 0) is 14.3 Å². The number of benzene rings is 1. The largest absolute Gasteiger partial charge is 0.452 e. The van der Waals surface area contributed by atoms with Gasteiger partial charge in [-0.1, -0.05) is 6.92 Å². The van der Waals surface area contributed by atoms with E-state index in [4.69, 9.17) is 4.74 Å². The van der Waals surface area contributed by atoms with Crippen LogP contribution >= 0.6 is 0 Å². The molecule has 1 aromatic rings. The van der Waals surface area contributed by atoms with Gasteiger partial charge in [-0.15, -0.1) is 0 Å². The van der Waals surface area contributed by atoms with Crippen LogP contribution in [0.1, 0.15) is 44.5 Å². The van der Waals surface area contributed by atoms with Crippen LogP contribution in [0.2, 0.25) is 0 Å². The number of esters is 1. The Labute approximate surface area is 155 Å². The summed E-state index contributed by atoms with van der Waals surface area (Å²) in [4.78, 5) is 37.7. The monoisotopic (exact) mass is 363 g/mol. The van der Waals surface area contributed by atoms with E-state index in [0.29, 0.717) is 12.1 Å². The van der Waals surface area contributed by atoms with Crippen molar-refractivity contribution in [2.24, 2.45) is 0 Å². The predicted molar refractivity (Wildman–Crippen MR) is 101 cm³/mol. The number of carbonyl (C=O) groups excluding carboxylic acids is 3. The molecular weight excluding hydrogens is 334 g/mol. The van der Waals surface area contributed by atoms with Crippen molar-refractivity contribution in [2.45, 2.75) is 40.2 Å². The highest BCUT2D eigenvalue weighted by Crippen LogP contribution is 2.15. The lowest BCUT2D eigenvalue weighted by Gasteiger charge is -2.20. The smallest absolute Gasteiger partial charge is 0.338 e. The number of ether oxygens (including phenoxy) is 1. The first-order valence-electron chi connectivity index (χ1n) is 9.02. The van der Waals surface area contributed by atoms with Crippen LogP contribution in [-0.4, -0.2) is 50.1 Å². The fraction of sp³-hybridized carbons (Fsp3) is 0.526. The SMILES string of the molecule is CCCNC(=O)[C@@H](C)NC(=O)COC(=O)c1ccc(N(CC)CC)cc1. The fourth-order valence-electron chi connectivity index (χ4n) is 2.36. The molecule has 2 amide bonds. The van der Waals surface area contributed by atoms with Crippen LogP contribution in [0.15, 0.2) is 24.3 Å². The number of anilines is 1. The zero-order chi connectivity index (χ0) is 19.5. The number of hydrogen-bond donors (Lipinski definition) is 2. The van der Waals surface area contributed by atoms with Crippen LogP contribution in [0.4, 0.5) is 5.69 Å². The van der Waals surface area contributed by atoms with Crippen molar-refractivity contribution in [3.05, 3.63) is 29.8 Å². The van der Waals surface area contributed by atoms with Gasteiger partial charge in [0.05, 0.1) is 5.56 Å². The summed E-state index contributed by atoms with van der Waals surface area (Å²) < 4.78 is 5.01. The normalized spacial score (nSPS) is 11.4. The van der Waals surface area contributed by atoms with Crippen LogP contribution in [0.5, 0.6) is 0 Å². The molecule has 7 heteroatoms. The Balaban J connectivity index is 2.48. The van der Waals surface area contributed by atoms with E-state index < -0.39 is 24.5 Å². The minimum atomic E-state index is -0.680. The molecule has 144 valence electrons. The van der Waals surface area contributed by atoms with Crippen molar-refractivity contribution in [3.8, 4) is 0 Å². The van der Waals surface area contributed by atoms with Crippen molar-refractivity contribution >= 4 is 23.5 Å². The summed E-state index contributed by atoms with van der Waals surface area (Å²) in [5.41, 5.74) is 1.40. The van der Waals surface area contributed by atoms with Crippen molar-refractivity contribution in [1.29, 1.82) is 0 Å². The van der Waals surface area contributed by atoms with E-state index >= 15 is 0 Å². The van der Waals surface area contributed by atoms with Gasteiger partial charge in [-0.2, -0.15) is 0 Å². The van der Waals surface area contributed by atoms with Crippen LogP contribution in [0, 0.1) is 0 Å². The summed E-state index contributed by atoms with van der Waals surface area (Å²) in [7, 11) is 0. The maximum Gasteiger partial charge on any atom is 0.338 e. The molecule has 0 heterocycles. The molecule has 0 aliphatic rings. The molecule has 26 heavy (non-hydrogen) atoms. The Morgan fingerprint density at radius 3 is 2.23 bits per heavy atom. The predicted octanol–water partition coefficient (Wildman–Crippen LogP) is 1.72. The van der Waals surface area contributed by atoms with Gasteiger partial charge in [0.1, 0.15) is 6.04 Å². The van der Waals surface area contributed by atoms with Gasteiger partial charge in [0.25, 0.3) is 5.91 Å². The lowest BCUT2D eigenvalue weighted by molar-refractivity contribution is -0.130. The van der Waals surface area contributed by atoms with Gasteiger partial charge < -0.3 is 20.3 Å². The summed E-state index contributed by atoms with van der Waals surface area (Å²) in [6.07, 6.45) is 0.817. The lowest BCUT2D eigenvalue weighted by atomic mass is 10.2. The topological polar surface area (TPSA) is 87.7 Å². The summed E-state index contributed by atoms with van der Waals surface area (Å²) in [5, 5.41) is 5.19. The molecule has 2 N–H and O–H groups in total. The number of hydrogen-bond acceptors (Lipinski definition) is 5. The highest BCUT2D eigenvalue weighted by molar-refractivity contribution is 5.92. The lowest BCUT2D eigenvalue weighted by Crippen LogP contribution is -2.46. The van der Waals surface area contributed by atoms with Gasteiger partial charge in [0.2, 0.25) is 5.91 Å². The van der Waals surface area contributed by atoms with Crippen molar-refractivity contribution < 1.29 is 19.1 Å². The third-order valence-electron chi connectivity index (χ3n) is 3.89. The minimum Gasteiger partial charge on any atom is -0.452 e. The van der Waals surface area contributed by atoms with Gasteiger partial charge in [-0.3, -0.25) is 9.59 Å². The fourth-order valence-corrected chi connectivity index (χ4v) is 2.36. The van der Waals surface area contributed by atoms with E-state index in [0.717, 1.165) is 25.2 Å². The minimum absolute atomic E-state index is 0.265. The molecule has 0 aromatic heterocycles. The molecular formula is C19H29N3O4. The Hall–Kier alpha value is -2.57. The van der Waals surface area contributed by atoms with E-state index in [-0.39, 0.29) is 5.91 Å². The molecule has 0 aliphatic heterocycles. The molecule has 0 bridgehead atoms. The van der Waals surface area contributed by atoms with Gasteiger partial charge in [0, 0.05) is 25.3 Å². The van der Waals surface area contributed by atoms with Crippen molar-refractivity contribution in [2.75, 3.05) is 31.1 Å². The Kier molecular flexibility index (Phi) is 9.19. The van der Waals surface area contributed by atoms with Gasteiger partial charge in [-0.25, -0.2) is 4.79 Å². The number of nitrogens with one attached hydrogen (secondary N) is 2. The summed E-state index contributed by atoms with van der Waals surface area (Å²) in [6, 6.07) is 6.37. The number of amides is 2.